The second-order valence-corrected chi connectivity index (χ2v) is 9.82. The lowest BCUT2D eigenvalue weighted by molar-refractivity contribution is -0.132. The van der Waals surface area contributed by atoms with Gasteiger partial charge in [-0.05, 0) is 63.6 Å². The van der Waals surface area contributed by atoms with E-state index >= 15 is 0 Å². The van der Waals surface area contributed by atoms with Crippen LogP contribution in [0.2, 0.25) is 0 Å². The second kappa shape index (κ2) is 11.1. The maximum Gasteiger partial charge on any atom is 0.239 e. The number of benzene rings is 1. The largest absolute Gasteiger partial charge is 0.342 e. The molecular weight excluding hydrogens is 433 g/mol. The Morgan fingerprint density at radius 2 is 1.85 bits per heavy atom. The Labute approximate surface area is 201 Å². The first-order valence-electron chi connectivity index (χ1n) is 12.5. The number of piperidine rings is 2. The number of likely N-dealkylation sites (tertiary alicyclic amines) is 2. The SMILES string of the molecule is CC(C)n1nccc1NC(=O)CN1CCCC[C@H]1C1CCN(C(=O)Cc2ccccc2F)CC1. The normalized spacial score (nSPS) is 20.0. The molecule has 1 N–H and O–H groups in total. The molecular formula is C26H36FN5O2. The third-order valence-corrected chi connectivity index (χ3v) is 7.17. The predicted molar refractivity (Wildman–Crippen MR) is 130 cm³/mol. The number of amides is 2. The highest BCUT2D eigenvalue weighted by Crippen LogP contribution is 2.31. The zero-order valence-electron chi connectivity index (χ0n) is 20.3. The molecule has 34 heavy (non-hydrogen) atoms. The zero-order chi connectivity index (χ0) is 24.1. The monoisotopic (exact) mass is 469 g/mol. The topological polar surface area (TPSA) is 70.5 Å². The summed E-state index contributed by atoms with van der Waals surface area (Å²) in [5.41, 5.74) is 0.456. The Balaban J connectivity index is 1.30. The van der Waals surface area contributed by atoms with Crippen molar-refractivity contribution in [2.75, 3.05) is 31.5 Å². The van der Waals surface area contributed by atoms with E-state index in [1.54, 1.807) is 24.4 Å². The number of nitrogens with zero attached hydrogens (tertiary/aromatic N) is 4. The molecule has 1 atom stereocenters. The van der Waals surface area contributed by atoms with Crippen molar-refractivity contribution >= 4 is 17.6 Å². The molecule has 3 heterocycles. The summed E-state index contributed by atoms with van der Waals surface area (Å²) in [5, 5.41) is 7.32. The molecule has 8 heteroatoms. The highest BCUT2D eigenvalue weighted by atomic mass is 19.1. The number of anilines is 1. The third-order valence-electron chi connectivity index (χ3n) is 7.17. The predicted octanol–water partition coefficient (Wildman–Crippen LogP) is 3.88. The Morgan fingerprint density at radius 3 is 2.59 bits per heavy atom. The molecule has 7 nitrogen and oxygen atoms in total. The van der Waals surface area contributed by atoms with E-state index in [9.17, 15) is 14.0 Å². The average molecular weight is 470 g/mol. The van der Waals surface area contributed by atoms with Crippen molar-refractivity contribution in [3.63, 3.8) is 0 Å². The van der Waals surface area contributed by atoms with Gasteiger partial charge in [-0.15, -0.1) is 0 Å². The minimum absolute atomic E-state index is 0.00759. The summed E-state index contributed by atoms with van der Waals surface area (Å²) in [7, 11) is 0. The van der Waals surface area contributed by atoms with Crippen LogP contribution in [0.15, 0.2) is 36.5 Å². The van der Waals surface area contributed by atoms with Gasteiger partial charge in [0.1, 0.15) is 11.6 Å². The first kappa shape index (κ1) is 24.4. The number of rotatable bonds is 7. The summed E-state index contributed by atoms with van der Waals surface area (Å²) in [6.45, 7) is 6.77. The lowest BCUT2D eigenvalue weighted by Crippen LogP contribution is -2.51. The van der Waals surface area contributed by atoms with E-state index in [-0.39, 0.29) is 30.1 Å². The fraction of sp³-hybridized carbons (Fsp3) is 0.577. The van der Waals surface area contributed by atoms with Gasteiger partial charge in [0.2, 0.25) is 11.8 Å². The van der Waals surface area contributed by atoms with Gasteiger partial charge in [0, 0.05) is 31.2 Å². The van der Waals surface area contributed by atoms with Crippen LogP contribution in [-0.2, 0) is 16.0 Å². The number of hydrogen-bond acceptors (Lipinski definition) is 4. The van der Waals surface area contributed by atoms with Crippen LogP contribution >= 0.6 is 0 Å². The minimum Gasteiger partial charge on any atom is -0.342 e. The second-order valence-electron chi connectivity index (χ2n) is 9.82. The summed E-state index contributed by atoms with van der Waals surface area (Å²) >= 11 is 0. The molecule has 2 aliphatic heterocycles. The van der Waals surface area contributed by atoms with Crippen LogP contribution < -0.4 is 5.32 Å². The fourth-order valence-corrected chi connectivity index (χ4v) is 5.39. The first-order chi connectivity index (χ1) is 16.4. The summed E-state index contributed by atoms with van der Waals surface area (Å²) in [6.07, 6.45) is 7.03. The van der Waals surface area contributed by atoms with E-state index in [4.69, 9.17) is 0 Å². The standard InChI is InChI=1S/C26H36FN5O2/c1-19(2)32-24(10-13-28-32)29-25(33)18-31-14-6-5-9-23(31)20-11-15-30(16-12-20)26(34)17-21-7-3-4-8-22(21)27/h3-4,7-8,10,13,19-20,23H,5-6,9,11-12,14-18H2,1-2H3,(H,29,33)/t23-/m0/s1. The van der Waals surface area contributed by atoms with Gasteiger partial charge in [-0.1, -0.05) is 24.6 Å². The van der Waals surface area contributed by atoms with E-state index in [0.29, 0.717) is 37.2 Å². The number of carbonyl (C=O) groups excluding carboxylic acids is 2. The number of nitrogens with one attached hydrogen (secondary N) is 1. The van der Waals surface area contributed by atoms with Crippen LogP contribution in [0.1, 0.15) is 57.6 Å². The fourth-order valence-electron chi connectivity index (χ4n) is 5.39. The van der Waals surface area contributed by atoms with Crippen molar-refractivity contribution in [1.29, 1.82) is 0 Å². The molecule has 1 aromatic heterocycles. The van der Waals surface area contributed by atoms with Crippen LogP contribution in [0, 0.1) is 11.7 Å². The van der Waals surface area contributed by atoms with Gasteiger partial charge in [-0.3, -0.25) is 14.5 Å². The highest BCUT2D eigenvalue weighted by Gasteiger charge is 2.34. The van der Waals surface area contributed by atoms with Crippen LogP contribution in [-0.4, -0.2) is 63.6 Å². The number of hydrogen-bond donors (Lipinski definition) is 1. The van der Waals surface area contributed by atoms with Crippen molar-refractivity contribution in [3.8, 4) is 0 Å². The quantitative estimate of drug-likeness (QED) is 0.668. The van der Waals surface area contributed by atoms with Crippen molar-refractivity contribution in [2.24, 2.45) is 5.92 Å². The van der Waals surface area contributed by atoms with Crippen LogP contribution in [0.5, 0.6) is 0 Å². The lowest BCUT2D eigenvalue weighted by Gasteiger charge is -2.43. The van der Waals surface area contributed by atoms with E-state index in [0.717, 1.165) is 38.0 Å². The summed E-state index contributed by atoms with van der Waals surface area (Å²) in [5.74, 6) is 0.859. The smallest absolute Gasteiger partial charge is 0.239 e. The van der Waals surface area contributed by atoms with Crippen molar-refractivity contribution < 1.29 is 14.0 Å². The number of halogens is 1. The van der Waals surface area contributed by atoms with Crippen LogP contribution in [0.4, 0.5) is 10.2 Å². The molecule has 184 valence electrons. The summed E-state index contributed by atoms with van der Waals surface area (Å²) < 4.78 is 15.8. The molecule has 2 amide bonds. The van der Waals surface area contributed by atoms with E-state index in [2.05, 4.69) is 15.3 Å². The van der Waals surface area contributed by atoms with E-state index < -0.39 is 0 Å². The first-order valence-corrected chi connectivity index (χ1v) is 12.5. The molecule has 0 spiro atoms. The molecule has 0 saturated carbocycles. The maximum absolute atomic E-state index is 13.9. The van der Waals surface area contributed by atoms with Gasteiger partial charge in [0.15, 0.2) is 0 Å². The van der Waals surface area contributed by atoms with Crippen LogP contribution in [0.3, 0.4) is 0 Å². The highest BCUT2D eigenvalue weighted by molar-refractivity contribution is 5.91. The van der Waals surface area contributed by atoms with Crippen molar-refractivity contribution in [2.45, 2.75) is 64.5 Å². The average Bonchev–Trinajstić information content (AvgIpc) is 3.29. The lowest BCUT2D eigenvalue weighted by atomic mass is 9.83. The Bertz CT molecular complexity index is 983. The van der Waals surface area contributed by atoms with E-state index in [1.807, 2.05) is 29.5 Å². The van der Waals surface area contributed by atoms with Crippen molar-refractivity contribution in [1.82, 2.24) is 19.6 Å². The summed E-state index contributed by atoms with van der Waals surface area (Å²) in [6, 6.07) is 8.86. The Morgan fingerprint density at radius 1 is 1.09 bits per heavy atom. The molecule has 2 saturated heterocycles. The molecule has 2 fully saturated rings. The number of carbonyl (C=O) groups is 2. The third kappa shape index (κ3) is 5.84. The van der Waals surface area contributed by atoms with Gasteiger partial charge in [0.05, 0.1) is 19.2 Å². The Hall–Kier alpha value is -2.74. The molecule has 0 radical (unpaired) electrons. The summed E-state index contributed by atoms with van der Waals surface area (Å²) in [4.78, 5) is 29.8. The van der Waals surface area contributed by atoms with Gasteiger partial charge >= 0.3 is 0 Å². The molecule has 1 aromatic carbocycles. The zero-order valence-corrected chi connectivity index (χ0v) is 20.3. The van der Waals surface area contributed by atoms with Crippen molar-refractivity contribution in [3.05, 3.63) is 47.9 Å². The van der Waals surface area contributed by atoms with Gasteiger partial charge in [0.25, 0.3) is 0 Å². The van der Waals surface area contributed by atoms with E-state index in [1.165, 1.54) is 12.5 Å². The molecule has 4 rings (SSSR count). The number of aromatic nitrogens is 2. The Kier molecular flexibility index (Phi) is 7.98. The molecule has 0 bridgehead atoms. The van der Waals surface area contributed by atoms with Gasteiger partial charge in [-0.25, -0.2) is 9.07 Å². The van der Waals surface area contributed by atoms with Crippen LogP contribution in [0.25, 0.3) is 0 Å². The molecule has 0 aliphatic carbocycles. The minimum atomic E-state index is -0.321. The molecule has 2 aromatic rings. The van der Waals surface area contributed by atoms with Gasteiger partial charge < -0.3 is 10.2 Å². The maximum atomic E-state index is 13.9. The molecule has 2 aliphatic rings. The van der Waals surface area contributed by atoms with Gasteiger partial charge in [-0.2, -0.15) is 5.10 Å². The molecule has 0 unspecified atom stereocenters.